The highest BCUT2D eigenvalue weighted by atomic mass is 19.1. The van der Waals surface area contributed by atoms with E-state index in [2.05, 4.69) is 16.9 Å². The smallest absolute Gasteiger partial charge is 0.219 e. The number of aryl methyl sites for hydroxylation is 1. The number of aromatic nitrogens is 2. The molecule has 4 heteroatoms. The van der Waals surface area contributed by atoms with Crippen LogP contribution in [0.2, 0.25) is 0 Å². The highest BCUT2D eigenvalue weighted by Gasteiger charge is 2.08. The predicted molar refractivity (Wildman–Crippen MR) is 105 cm³/mol. The van der Waals surface area contributed by atoms with Gasteiger partial charge in [0.1, 0.15) is 5.75 Å². The van der Waals surface area contributed by atoms with Gasteiger partial charge in [0.15, 0.2) is 5.82 Å². The van der Waals surface area contributed by atoms with Crippen LogP contribution in [0.25, 0.3) is 11.4 Å². The van der Waals surface area contributed by atoms with Crippen molar-refractivity contribution in [3.05, 3.63) is 42.0 Å². The first-order valence-corrected chi connectivity index (χ1v) is 9.99. The average Bonchev–Trinajstić information content (AvgIpc) is 2.66. The van der Waals surface area contributed by atoms with Crippen molar-refractivity contribution in [1.29, 1.82) is 0 Å². The molecule has 1 aromatic carbocycles. The van der Waals surface area contributed by atoms with E-state index in [-0.39, 0.29) is 0 Å². The quantitative estimate of drug-likeness (QED) is 0.327. The van der Waals surface area contributed by atoms with Gasteiger partial charge in [-0.2, -0.15) is 9.37 Å². The third kappa shape index (κ3) is 6.74. The largest absolute Gasteiger partial charge is 0.494 e. The summed E-state index contributed by atoms with van der Waals surface area (Å²) in [4.78, 5) is 8.39. The van der Waals surface area contributed by atoms with Gasteiger partial charge < -0.3 is 4.74 Å². The molecule has 0 amide bonds. The first-order chi connectivity index (χ1) is 12.7. The molecule has 0 atom stereocenters. The Bertz CT molecular complexity index is 643. The average molecular weight is 359 g/mol. The van der Waals surface area contributed by atoms with Crippen LogP contribution in [0.1, 0.15) is 70.8 Å². The second-order valence-electron chi connectivity index (χ2n) is 6.69. The van der Waals surface area contributed by atoms with Crippen molar-refractivity contribution in [2.24, 2.45) is 0 Å². The van der Waals surface area contributed by atoms with Gasteiger partial charge in [-0.1, -0.05) is 51.9 Å². The van der Waals surface area contributed by atoms with Gasteiger partial charge in [-0.25, -0.2) is 4.98 Å². The fourth-order valence-electron chi connectivity index (χ4n) is 3.01. The summed E-state index contributed by atoms with van der Waals surface area (Å²) < 4.78 is 19.7. The number of ether oxygens (including phenoxy) is 1. The Labute approximate surface area is 157 Å². The zero-order chi connectivity index (χ0) is 18.6. The van der Waals surface area contributed by atoms with Crippen LogP contribution in [0.3, 0.4) is 0 Å². The maximum Gasteiger partial charge on any atom is 0.219 e. The fraction of sp³-hybridized carbons (Fsp3) is 0.545. The molecule has 1 aromatic heterocycles. The van der Waals surface area contributed by atoms with Gasteiger partial charge in [0.25, 0.3) is 0 Å². The van der Waals surface area contributed by atoms with Crippen molar-refractivity contribution in [3.63, 3.8) is 0 Å². The van der Waals surface area contributed by atoms with Gasteiger partial charge in [-0.3, -0.25) is 0 Å². The van der Waals surface area contributed by atoms with Crippen LogP contribution in [0.5, 0.6) is 5.75 Å². The molecule has 2 aromatic rings. The Kier molecular flexibility index (Phi) is 9.08. The molecule has 142 valence electrons. The van der Waals surface area contributed by atoms with Crippen molar-refractivity contribution in [1.82, 2.24) is 9.97 Å². The molecule has 0 fully saturated rings. The molecule has 26 heavy (non-hydrogen) atoms. The number of halogens is 1. The van der Waals surface area contributed by atoms with Crippen LogP contribution < -0.4 is 4.74 Å². The highest BCUT2D eigenvalue weighted by Crippen LogP contribution is 2.21. The molecule has 0 spiro atoms. The third-order valence-corrected chi connectivity index (χ3v) is 4.53. The van der Waals surface area contributed by atoms with E-state index in [1.807, 2.05) is 31.2 Å². The summed E-state index contributed by atoms with van der Waals surface area (Å²) in [5.74, 6) is 0.820. The van der Waals surface area contributed by atoms with Crippen LogP contribution in [0, 0.1) is 5.95 Å². The molecule has 1 heterocycles. The van der Waals surface area contributed by atoms with Crippen molar-refractivity contribution in [2.75, 3.05) is 6.61 Å². The SMILES string of the molecule is CCCCCCCCCCc1cnc(-c2ccc(OCC)cc2)nc1F. The van der Waals surface area contributed by atoms with Crippen molar-refractivity contribution < 1.29 is 9.13 Å². The lowest BCUT2D eigenvalue weighted by Gasteiger charge is -2.06. The van der Waals surface area contributed by atoms with E-state index in [0.717, 1.165) is 24.2 Å². The lowest BCUT2D eigenvalue weighted by Crippen LogP contribution is -1.99. The summed E-state index contributed by atoms with van der Waals surface area (Å²) in [6, 6.07) is 7.43. The zero-order valence-electron chi connectivity index (χ0n) is 16.1. The van der Waals surface area contributed by atoms with Gasteiger partial charge in [0.2, 0.25) is 5.95 Å². The molecule has 0 aliphatic carbocycles. The fourth-order valence-corrected chi connectivity index (χ4v) is 3.01. The van der Waals surface area contributed by atoms with Crippen molar-refractivity contribution in [3.8, 4) is 17.1 Å². The van der Waals surface area contributed by atoms with Gasteiger partial charge in [-0.05, 0) is 44.0 Å². The van der Waals surface area contributed by atoms with Crippen LogP contribution in [-0.4, -0.2) is 16.6 Å². The van der Waals surface area contributed by atoms with E-state index in [1.165, 1.54) is 38.5 Å². The Balaban J connectivity index is 1.79. The van der Waals surface area contributed by atoms with E-state index in [9.17, 15) is 4.39 Å². The minimum Gasteiger partial charge on any atom is -0.494 e. The van der Waals surface area contributed by atoms with Crippen LogP contribution in [0.4, 0.5) is 4.39 Å². The van der Waals surface area contributed by atoms with E-state index in [0.29, 0.717) is 24.4 Å². The molecule has 0 saturated carbocycles. The molecule has 0 saturated heterocycles. The van der Waals surface area contributed by atoms with Gasteiger partial charge in [0.05, 0.1) is 6.61 Å². The van der Waals surface area contributed by atoms with Gasteiger partial charge in [-0.15, -0.1) is 0 Å². The normalized spacial score (nSPS) is 10.9. The second kappa shape index (κ2) is 11.6. The van der Waals surface area contributed by atoms with E-state index in [1.54, 1.807) is 6.20 Å². The summed E-state index contributed by atoms with van der Waals surface area (Å²) in [5.41, 5.74) is 1.41. The second-order valence-corrected chi connectivity index (χ2v) is 6.69. The number of hydrogen-bond donors (Lipinski definition) is 0. The third-order valence-electron chi connectivity index (χ3n) is 4.53. The Hall–Kier alpha value is -1.97. The Morgan fingerprint density at radius 2 is 1.54 bits per heavy atom. The summed E-state index contributed by atoms with van der Waals surface area (Å²) >= 11 is 0. The van der Waals surface area contributed by atoms with Crippen molar-refractivity contribution >= 4 is 0 Å². The molecule has 0 N–H and O–H groups in total. The molecule has 0 aliphatic rings. The molecular weight excluding hydrogens is 327 g/mol. The number of rotatable bonds is 12. The molecule has 2 rings (SSSR count). The Morgan fingerprint density at radius 3 is 2.15 bits per heavy atom. The Morgan fingerprint density at radius 1 is 0.885 bits per heavy atom. The summed E-state index contributed by atoms with van der Waals surface area (Å²) in [6.07, 6.45) is 12.3. The van der Waals surface area contributed by atoms with Crippen LogP contribution >= 0.6 is 0 Å². The lowest BCUT2D eigenvalue weighted by molar-refractivity contribution is 0.340. The minimum atomic E-state index is -0.396. The standard InChI is InChI=1S/C22H31FN2O/c1-3-5-6-7-8-9-10-11-12-19-17-24-22(25-21(19)23)18-13-15-20(16-14-18)26-4-2/h13-17H,3-12H2,1-2H3. The van der Waals surface area contributed by atoms with Gasteiger partial charge in [0, 0.05) is 17.3 Å². The van der Waals surface area contributed by atoms with E-state index >= 15 is 0 Å². The summed E-state index contributed by atoms with van der Waals surface area (Å²) in [5, 5.41) is 0. The molecule has 0 aliphatic heterocycles. The summed E-state index contributed by atoms with van der Waals surface area (Å²) in [6.45, 7) is 4.80. The minimum absolute atomic E-state index is 0.396. The topological polar surface area (TPSA) is 35.0 Å². The van der Waals surface area contributed by atoms with Crippen LogP contribution in [-0.2, 0) is 6.42 Å². The molecule has 0 unspecified atom stereocenters. The molecule has 0 bridgehead atoms. The highest BCUT2D eigenvalue weighted by molar-refractivity contribution is 5.56. The lowest BCUT2D eigenvalue weighted by atomic mass is 10.1. The predicted octanol–water partition coefficient (Wildman–Crippen LogP) is 6.36. The number of benzene rings is 1. The first kappa shape index (κ1) is 20.3. The van der Waals surface area contributed by atoms with Gasteiger partial charge >= 0.3 is 0 Å². The number of nitrogens with zero attached hydrogens (tertiary/aromatic N) is 2. The molecular formula is C22H31FN2O. The van der Waals surface area contributed by atoms with Crippen molar-refractivity contribution in [2.45, 2.75) is 71.6 Å². The first-order valence-electron chi connectivity index (χ1n) is 9.99. The maximum atomic E-state index is 14.3. The van der Waals surface area contributed by atoms with Crippen LogP contribution in [0.15, 0.2) is 30.5 Å². The molecule has 3 nitrogen and oxygen atoms in total. The number of hydrogen-bond acceptors (Lipinski definition) is 3. The monoisotopic (exact) mass is 358 g/mol. The number of unbranched alkanes of at least 4 members (excludes halogenated alkanes) is 7. The van der Waals surface area contributed by atoms with E-state index < -0.39 is 5.95 Å². The molecule has 0 radical (unpaired) electrons. The van der Waals surface area contributed by atoms with E-state index in [4.69, 9.17) is 4.74 Å². The summed E-state index contributed by atoms with van der Waals surface area (Å²) in [7, 11) is 0. The zero-order valence-corrected chi connectivity index (χ0v) is 16.1. The maximum absolute atomic E-state index is 14.3.